The first kappa shape index (κ1) is 10.4. The minimum atomic E-state index is 0.475. The largest absolute Gasteiger partial charge is 0.389 e. The summed E-state index contributed by atoms with van der Waals surface area (Å²) in [6, 6.07) is 6.84. The van der Waals surface area contributed by atoms with Crippen molar-refractivity contribution < 1.29 is 0 Å². The Balaban J connectivity index is 2.13. The second kappa shape index (κ2) is 4.19. The summed E-state index contributed by atoms with van der Waals surface area (Å²) >= 11 is 4.97. The molecular weight excluding hydrogens is 204 g/mol. The van der Waals surface area contributed by atoms with Gasteiger partial charge in [-0.3, -0.25) is 0 Å². The molecule has 0 atom stereocenters. The van der Waals surface area contributed by atoms with Crippen LogP contribution in [-0.2, 0) is 0 Å². The molecule has 1 aromatic carbocycles. The van der Waals surface area contributed by atoms with E-state index in [1.807, 2.05) is 13.0 Å². The number of benzene rings is 1. The van der Waals surface area contributed by atoms with Crippen LogP contribution in [-0.4, -0.2) is 11.0 Å². The highest BCUT2D eigenvalue weighted by Gasteiger charge is 2.16. The molecule has 0 amide bonds. The van der Waals surface area contributed by atoms with E-state index in [0.29, 0.717) is 11.0 Å². The fourth-order valence-corrected chi connectivity index (χ4v) is 2.05. The molecule has 3 N–H and O–H groups in total. The average molecular weight is 220 g/mol. The molecule has 0 bridgehead atoms. The molecule has 2 rings (SSSR count). The van der Waals surface area contributed by atoms with E-state index in [1.54, 1.807) is 0 Å². The molecule has 0 spiro atoms. The van der Waals surface area contributed by atoms with Gasteiger partial charge in [-0.1, -0.05) is 12.2 Å². The summed E-state index contributed by atoms with van der Waals surface area (Å²) in [6.45, 7) is 2.04. The average Bonchev–Trinajstić information content (AvgIpc) is 2.11. The van der Waals surface area contributed by atoms with Crippen LogP contribution in [0, 0.1) is 6.92 Å². The van der Waals surface area contributed by atoms with Gasteiger partial charge in [-0.25, -0.2) is 0 Å². The molecule has 0 saturated heterocycles. The smallest absolute Gasteiger partial charge is 0.104 e. The van der Waals surface area contributed by atoms with Gasteiger partial charge in [0, 0.05) is 17.3 Å². The lowest BCUT2D eigenvalue weighted by Crippen LogP contribution is -2.27. The number of thiocarbonyl (C=S) groups is 1. The van der Waals surface area contributed by atoms with Gasteiger partial charge in [0.05, 0.1) is 0 Å². The van der Waals surface area contributed by atoms with Crippen molar-refractivity contribution in [1.82, 2.24) is 0 Å². The second-order valence-corrected chi connectivity index (χ2v) is 4.61. The van der Waals surface area contributed by atoms with E-state index in [1.165, 1.54) is 24.9 Å². The maximum absolute atomic E-state index is 5.61. The highest BCUT2D eigenvalue weighted by Crippen LogP contribution is 2.24. The van der Waals surface area contributed by atoms with Crippen molar-refractivity contribution in [2.45, 2.75) is 32.2 Å². The fourth-order valence-electron chi connectivity index (χ4n) is 1.82. The van der Waals surface area contributed by atoms with E-state index in [4.69, 9.17) is 18.0 Å². The normalized spacial score (nSPS) is 15.8. The molecule has 15 heavy (non-hydrogen) atoms. The molecular formula is C12H16N2S. The molecule has 1 aliphatic rings. The topological polar surface area (TPSA) is 38.0 Å². The molecule has 0 radical (unpaired) electrons. The summed E-state index contributed by atoms with van der Waals surface area (Å²) in [5.74, 6) is 0. The molecule has 0 heterocycles. The lowest BCUT2D eigenvalue weighted by atomic mass is 9.93. The fraction of sp³-hybridized carbons (Fsp3) is 0.417. The van der Waals surface area contributed by atoms with E-state index in [-0.39, 0.29) is 0 Å². The van der Waals surface area contributed by atoms with Crippen molar-refractivity contribution in [3.8, 4) is 0 Å². The third kappa shape index (κ3) is 2.29. The van der Waals surface area contributed by atoms with Crippen LogP contribution in [0.5, 0.6) is 0 Å². The lowest BCUT2D eigenvalue weighted by molar-refractivity contribution is 0.445. The van der Waals surface area contributed by atoms with Crippen LogP contribution in [0.2, 0.25) is 0 Å². The minimum absolute atomic E-state index is 0.475. The summed E-state index contributed by atoms with van der Waals surface area (Å²) in [7, 11) is 0. The predicted molar refractivity (Wildman–Crippen MR) is 68.3 cm³/mol. The zero-order valence-corrected chi connectivity index (χ0v) is 9.73. The van der Waals surface area contributed by atoms with Crippen molar-refractivity contribution in [3.05, 3.63) is 29.3 Å². The monoisotopic (exact) mass is 220 g/mol. The number of hydrogen-bond donors (Lipinski definition) is 2. The first-order valence-corrected chi connectivity index (χ1v) is 5.74. The van der Waals surface area contributed by atoms with Crippen LogP contribution in [0.4, 0.5) is 5.69 Å². The number of anilines is 1. The molecule has 3 heteroatoms. The molecule has 80 valence electrons. The van der Waals surface area contributed by atoms with Crippen LogP contribution >= 0.6 is 12.2 Å². The molecule has 0 aliphatic heterocycles. The van der Waals surface area contributed by atoms with E-state index >= 15 is 0 Å². The van der Waals surface area contributed by atoms with Crippen LogP contribution in [0.15, 0.2) is 18.2 Å². The Morgan fingerprint density at radius 3 is 2.67 bits per heavy atom. The first-order chi connectivity index (χ1) is 7.16. The Labute approximate surface area is 95.9 Å². The molecule has 1 aliphatic carbocycles. The van der Waals surface area contributed by atoms with E-state index in [0.717, 1.165) is 11.1 Å². The zero-order valence-electron chi connectivity index (χ0n) is 8.92. The second-order valence-electron chi connectivity index (χ2n) is 4.17. The number of nitrogens with one attached hydrogen (secondary N) is 1. The van der Waals surface area contributed by atoms with Crippen molar-refractivity contribution in [3.63, 3.8) is 0 Å². The summed E-state index contributed by atoms with van der Waals surface area (Å²) < 4.78 is 0. The standard InChI is InChI=1S/C12H16N2S/c1-8-7-10(14-9-3-2-4-9)5-6-11(8)12(13)15/h5-7,9,14H,2-4H2,1H3,(H2,13,15). The summed E-state index contributed by atoms with van der Waals surface area (Å²) in [4.78, 5) is 0.475. The van der Waals surface area contributed by atoms with Crippen molar-refractivity contribution in [1.29, 1.82) is 0 Å². The predicted octanol–water partition coefficient (Wildman–Crippen LogP) is 2.59. The van der Waals surface area contributed by atoms with Gasteiger partial charge < -0.3 is 11.1 Å². The number of hydrogen-bond acceptors (Lipinski definition) is 2. The number of aryl methyl sites for hydroxylation is 1. The minimum Gasteiger partial charge on any atom is -0.389 e. The van der Waals surface area contributed by atoms with Gasteiger partial charge in [0.15, 0.2) is 0 Å². The van der Waals surface area contributed by atoms with Crippen molar-refractivity contribution >= 4 is 22.9 Å². The maximum atomic E-state index is 5.61. The van der Waals surface area contributed by atoms with Crippen molar-refractivity contribution in [2.75, 3.05) is 5.32 Å². The van der Waals surface area contributed by atoms with E-state index < -0.39 is 0 Å². The number of rotatable bonds is 3. The van der Waals surface area contributed by atoms with Gasteiger partial charge in [0.1, 0.15) is 4.99 Å². The van der Waals surface area contributed by atoms with Gasteiger partial charge in [-0.2, -0.15) is 0 Å². The molecule has 0 aromatic heterocycles. The summed E-state index contributed by atoms with van der Waals surface area (Å²) in [5.41, 5.74) is 8.91. The van der Waals surface area contributed by atoms with E-state index in [9.17, 15) is 0 Å². The molecule has 1 saturated carbocycles. The van der Waals surface area contributed by atoms with Crippen molar-refractivity contribution in [2.24, 2.45) is 5.73 Å². The van der Waals surface area contributed by atoms with Gasteiger partial charge in [-0.15, -0.1) is 0 Å². The summed E-state index contributed by atoms with van der Waals surface area (Å²) in [6.07, 6.45) is 3.92. The number of nitrogens with two attached hydrogens (primary N) is 1. The highest BCUT2D eigenvalue weighted by atomic mass is 32.1. The molecule has 1 fully saturated rings. The molecule has 1 aromatic rings. The maximum Gasteiger partial charge on any atom is 0.104 e. The van der Waals surface area contributed by atoms with Crippen LogP contribution in [0.1, 0.15) is 30.4 Å². The van der Waals surface area contributed by atoms with Gasteiger partial charge in [-0.05, 0) is 49.9 Å². The van der Waals surface area contributed by atoms with Crippen LogP contribution in [0.25, 0.3) is 0 Å². The van der Waals surface area contributed by atoms with Crippen LogP contribution < -0.4 is 11.1 Å². The Hall–Kier alpha value is -1.09. The molecule has 2 nitrogen and oxygen atoms in total. The molecule has 0 unspecified atom stereocenters. The highest BCUT2D eigenvalue weighted by molar-refractivity contribution is 7.80. The quantitative estimate of drug-likeness (QED) is 0.769. The Morgan fingerprint density at radius 2 is 2.20 bits per heavy atom. The van der Waals surface area contributed by atoms with E-state index in [2.05, 4.69) is 17.4 Å². The zero-order chi connectivity index (χ0) is 10.8. The van der Waals surface area contributed by atoms with Gasteiger partial charge >= 0.3 is 0 Å². The first-order valence-electron chi connectivity index (χ1n) is 5.34. The third-order valence-electron chi connectivity index (χ3n) is 2.97. The third-order valence-corrected chi connectivity index (χ3v) is 3.19. The van der Waals surface area contributed by atoms with Crippen LogP contribution in [0.3, 0.4) is 0 Å². The SMILES string of the molecule is Cc1cc(NC2CCC2)ccc1C(N)=S. The Kier molecular flexibility index (Phi) is 2.91. The Morgan fingerprint density at radius 1 is 1.47 bits per heavy atom. The summed E-state index contributed by atoms with van der Waals surface area (Å²) in [5, 5.41) is 3.50. The van der Waals surface area contributed by atoms with Gasteiger partial charge in [0.25, 0.3) is 0 Å². The Bertz CT molecular complexity index is 383. The lowest BCUT2D eigenvalue weighted by Gasteiger charge is -2.27. The van der Waals surface area contributed by atoms with Gasteiger partial charge in [0.2, 0.25) is 0 Å².